The maximum atomic E-state index is 12.2. The van der Waals surface area contributed by atoms with E-state index in [9.17, 15) is 4.79 Å². The highest BCUT2D eigenvalue weighted by Gasteiger charge is 2.21. The number of pyridine rings is 1. The van der Waals surface area contributed by atoms with Gasteiger partial charge in [-0.05, 0) is 6.07 Å². The molecular weight excluding hydrogens is 232 g/mol. The number of aliphatic hydroxyl groups excluding tert-OH is 1. The van der Waals surface area contributed by atoms with Gasteiger partial charge >= 0.3 is 0 Å². The molecule has 0 aromatic carbocycles. The lowest BCUT2D eigenvalue weighted by Crippen LogP contribution is -2.49. The summed E-state index contributed by atoms with van der Waals surface area (Å²) >= 11 is 0. The maximum Gasteiger partial charge on any atom is 0.255 e. The van der Waals surface area contributed by atoms with E-state index in [2.05, 4.69) is 9.88 Å². The normalized spacial score (nSPS) is 16.8. The van der Waals surface area contributed by atoms with Crippen LogP contribution in [-0.2, 0) is 0 Å². The van der Waals surface area contributed by atoms with Crippen molar-refractivity contribution in [2.24, 2.45) is 0 Å². The molecule has 1 aliphatic heterocycles. The standard InChI is InChI=1S/C12H18N4O2/c13-11-7-10(8-14-9-11)12(18)16-3-1-15(2-4-16)5-6-17/h7-9,17H,1-6,13H2. The van der Waals surface area contributed by atoms with Gasteiger partial charge in [0.1, 0.15) is 0 Å². The van der Waals surface area contributed by atoms with Crippen LogP contribution in [0.15, 0.2) is 18.5 Å². The lowest BCUT2D eigenvalue weighted by molar-refractivity contribution is 0.0614. The van der Waals surface area contributed by atoms with E-state index in [1.54, 1.807) is 17.2 Å². The fourth-order valence-corrected chi connectivity index (χ4v) is 2.07. The van der Waals surface area contributed by atoms with Crippen molar-refractivity contribution in [3.05, 3.63) is 24.0 Å². The number of rotatable bonds is 3. The van der Waals surface area contributed by atoms with Crippen molar-refractivity contribution in [1.29, 1.82) is 0 Å². The SMILES string of the molecule is Nc1cncc(C(=O)N2CCN(CCO)CC2)c1. The average Bonchev–Trinajstić information content (AvgIpc) is 2.39. The van der Waals surface area contributed by atoms with Gasteiger partial charge in [-0.3, -0.25) is 14.7 Å². The van der Waals surface area contributed by atoms with Crippen LogP contribution in [0.3, 0.4) is 0 Å². The molecule has 1 aromatic rings. The molecule has 0 spiro atoms. The number of nitrogens with zero attached hydrogens (tertiary/aromatic N) is 3. The molecule has 1 saturated heterocycles. The Morgan fingerprint density at radius 2 is 2.06 bits per heavy atom. The number of amides is 1. The summed E-state index contributed by atoms with van der Waals surface area (Å²) in [6.07, 6.45) is 3.06. The second-order valence-electron chi connectivity index (χ2n) is 4.36. The van der Waals surface area contributed by atoms with Gasteiger partial charge in [-0.1, -0.05) is 0 Å². The van der Waals surface area contributed by atoms with E-state index in [4.69, 9.17) is 10.8 Å². The van der Waals surface area contributed by atoms with Crippen LogP contribution in [0.2, 0.25) is 0 Å². The van der Waals surface area contributed by atoms with Crippen molar-refractivity contribution in [2.75, 3.05) is 45.1 Å². The zero-order valence-corrected chi connectivity index (χ0v) is 10.2. The van der Waals surface area contributed by atoms with Crippen LogP contribution in [0.4, 0.5) is 5.69 Å². The summed E-state index contributed by atoms with van der Waals surface area (Å²) in [6, 6.07) is 1.65. The Morgan fingerprint density at radius 3 is 2.67 bits per heavy atom. The van der Waals surface area contributed by atoms with E-state index in [1.807, 2.05) is 0 Å². The van der Waals surface area contributed by atoms with Gasteiger partial charge in [0.2, 0.25) is 0 Å². The summed E-state index contributed by atoms with van der Waals surface area (Å²) in [4.78, 5) is 20.0. The number of β-amino-alcohol motifs (C(OH)–C–C–N with tert-alkyl or cyclic N) is 1. The quantitative estimate of drug-likeness (QED) is 0.749. The third-order valence-electron chi connectivity index (χ3n) is 3.08. The predicted octanol–water partition coefficient (Wildman–Crippen LogP) is -0.586. The second-order valence-corrected chi connectivity index (χ2v) is 4.36. The number of hydrogen-bond donors (Lipinski definition) is 2. The number of carbonyl (C=O) groups excluding carboxylic acids is 1. The molecule has 0 saturated carbocycles. The van der Waals surface area contributed by atoms with Crippen molar-refractivity contribution in [2.45, 2.75) is 0 Å². The third-order valence-corrected chi connectivity index (χ3v) is 3.08. The summed E-state index contributed by atoms with van der Waals surface area (Å²) < 4.78 is 0. The first-order valence-corrected chi connectivity index (χ1v) is 6.03. The highest BCUT2D eigenvalue weighted by molar-refractivity contribution is 5.94. The van der Waals surface area contributed by atoms with Gasteiger partial charge in [0.05, 0.1) is 17.9 Å². The van der Waals surface area contributed by atoms with Gasteiger partial charge in [-0.2, -0.15) is 0 Å². The second kappa shape index (κ2) is 5.79. The Hall–Kier alpha value is -1.66. The summed E-state index contributed by atoms with van der Waals surface area (Å²) in [5.41, 5.74) is 6.65. The number of hydrogen-bond acceptors (Lipinski definition) is 5. The highest BCUT2D eigenvalue weighted by atomic mass is 16.3. The van der Waals surface area contributed by atoms with E-state index in [0.29, 0.717) is 30.9 Å². The van der Waals surface area contributed by atoms with Crippen molar-refractivity contribution < 1.29 is 9.90 Å². The molecule has 1 fully saturated rings. The molecule has 6 heteroatoms. The molecule has 0 bridgehead atoms. The van der Waals surface area contributed by atoms with E-state index in [-0.39, 0.29) is 12.5 Å². The predicted molar refractivity (Wildman–Crippen MR) is 68.1 cm³/mol. The molecule has 0 aliphatic carbocycles. The van der Waals surface area contributed by atoms with Crippen molar-refractivity contribution in [3.8, 4) is 0 Å². The molecule has 2 rings (SSSR count). The van der Waals surface area contributed by atoms with Gasteiger partial charge in [0, 0.05) is 45.1 Å². The Bertz CT molecular complexity index is 416. The van der Waals surface area contributed by atoms with Gasteiger partial charge in [-0.15, -0.1) is 0 Å². The number of piperazine rings is 1. The molecule has 1 aliphatic rings. The summed E-state index contributed by atoms with van der Waals surface area (Å²) in [7, 11) is 0. The van der Waals surface area contributed by atoms with Crippen molar-refractivity contribution in [3.63, 3.8) is 0 Å². The van der Waals surface area contributed by atoms with Crippen molar-refractivity contribution in [1.82, 2.24) is 14.8 Å². The Labute approximate surface area is 106 Å². The molecule has 18 heavy (non-hydrogen) atoms. The minimum absolute atomic E-state index is 0.0292. The topological polar surface area (TPSA) is 82.7 Å². The average molecular weight is 250 g/mol. The van der Waals surface area contributed by atoms with Crippen LogP contribution in [0.5, 0.6) is 0 Å². The molecule has 98 valence electrons. The number of carbonyl (C=O) groups is 1. The first kappa shape index (κ1) is 12.8. The van der Waals surface area contributed by atoms with Gasteiger partial charge < -0.3 is 15.7 Å². The minimum atomic E-state index is -0.0292. The van der Waals surface area contributed by atoms with Crippen molar-refractivity contribution >= 4 is 11.6 Å². The van der Waals surface area contributed by atoms with Crippen LogP contribution in [-0.4, -0.2) is 65.1 Å². The third kappa shape index (κ3) is 2.96. The fraction of sp³-hybridized carbons (Fsp3) is 0.500. The lowest BCUT2D eigenvalue weighted by atomic mass is 10.2. The molecular formula is C12H18N4O2. The van der Waals surface area contributed by atoms with E-state index >= 15 is 0 Å². The molecule has 1 amide bonds. The van der Waals surface area contributed by atoms with Crippen LogP contribution >= 0.6 is 0 Å². The zero-order valence-electron chi connectivity index (χ0n) is 10.2. The molecule has 0 atom stereocenters. The molecule has 0 radical (unpaired) electrons. The number of nitrogens with two attached hydrogens (primary N) is 1. The van der Waals surface area contributed by atoms with Gasteiger partial charge in [0.15, 0.2) is 0 Å². The van der Waals surface area contributed by atoms with Crippen LogP contribution < -0.4 is 5.73 Å². The molecule has 6 nitrogen and oxygen atoms in total. The van der Waals surface area contributed by atoms with E-state index < -0.39 is 0 Å². The zero-order chi connectivity index (χ0) is 13.0. The molecule has 1 aromatic heterocycles. The van der Waals surface area contributed by atoms with E-state index in [1.165, 1.54) is 6.20 Å². The Kier molecular flexibility index (Phi) is 4.11. The van der Waals surface area contributed by atoms with Gasteiger partial charge in [0.25, 0.3) is 5.91 Å². The first-order valence-electron chi connectivity index (χ1n) is 6.03. The minimum Gasteiger partial charge on any atom is -0.397 e. The first-order chi connectivity index (χ1) is 8.70. The number of aliphatic hydroxyl groups is 1. The van der Waals surface area contributed by atoms with E-state index in [0.717, 1.165) is 13.1 Å². The fourth-order valence-electron chi connectivity index (χ4n) is 2.07. The summed E-state index contributed by atoms with van der Waals surface area (Å²) in [6.45, 7) is 3.76. The van der Waals surface area contributed by atoms with Crippen LogP contribution in [0, 0.1) is 0 Å². The summed E-state index contributed by atoms with van der Waals surface area (Å²) in [5.74, 6) is -0.0292. The number of anilines is 1. The number of aromatic nitrogens is 1. The monoisotopic (exact) mass is 250 g/mol. The lowest BCUT2D eigenvalue weighted by Gasteiger charge is -2.34. The highest BCUT2D eigenvalue weighted by Crippen LogP contribution is 2.10. The Balaban J connectivity index is 1.95. The largest absolute Gasteiger partial charge is 0.397 e. The number of nitrogen functional groups attached to an aromatic ring is 1. The van der Waals surface area contributed by atoms with Crippen LogP contribution in [0.1, 0.15) is 10.4 Å². The smallest absolute Gasteiger partial charge is 0.255 e. The van der Waals surface area contributed by atoms with Crippen LogP contribution in [0.25, 0.3) is 0 Å². The summed E-state index contributed by atoms with van der Waals surface area (Å²) in [5, 5.41) is 8.86. The molecule has 2 heterocycles. The Morgan fingerprint density at radius 1 is 1.33 bits per heavy atom. The van der Waals surface area contributed by atoms with Gasteiger partial charge in [-0.25, -0.2) is 0 Å². The molecule has 0 unspecified atom stereocenters. The maximum absolute atomic E-state index is 12.2. The molecule has 3 N–H and O–H groups in total.